The molecule has 1 heterocycles. The van der Waals surface area contributed by atoms with E-state index >= 15 is 0 Å². The number of aromatic nitrogens is 2. The number of imidazole rings is 1. The van der Waals surface area contributed by atoms with Crippen molar-refractivity contribution in [2.24, 2.45) is 0 Å². The molecule has 1 aromatic carbocycles. The molecule has 16 heavy (non-hydrogen) atoms. The number of nitrogens with zero attached hydrogens (tertiary/aromatic N) is 1. The van der Waals surface area contributed by atoms with E-state index in [1.165, 1.54) is 16.7 Å². The van der Waals surface area contributed by atoms with Crippen LogP contribution in [0.1, 0.15) is 28.8 Å². The summed E-state index contributed by atoms with van der Waals surface area (Å²) in [6.45, 7) is 4.38. The first kappa shape index (κ1) is 10.9. The summed E-state index contributed by atoms with van der Waals surface area (Å²) in [5.74, 6) is 0. The first-order chi connectivity index (χ1) is 7.77. The zero-order valence-electron chi connectivity index (χ0n) is 9.96. The highest BCUT2D eigenvalue weighted by Gasteiger charge is 2.01. The Morgan fingerprint density at radius 3 is 2.81 bits per heavy atom. The molecular formula is C14H18N2. The molecule has 0 saturated carbocycles. The summed E-state index contributed by atoms with van der Waals surface area (Å²) < 4.78 is 0. The molecule has 0 fully saturated rings. The van der Waals surface area contributed by atoms with E-state index in [9.17, 15) is 0 Å². The van der Waals surface area contributed by atoms with Gasteiger partial charge >= 0.3 is 0 Å². The van der Waals surface area contributed by atoms with Crippen LogP contribution in [0, 0.1) is 13.8 Å². The molecule has 0 amide bonds. The average molecular weight is 214 g/mol. The molecule has 2 rings (SSSR count). The lowest BCUT2D eigenvalue weighted by Gasteiger charge is -2.07. The number of aromatic amines is 1. The van der Waals surface area contributed by atoms with Crippen molar-refractivity contribution in [3.05, 3.63) is 53.1 Å². The van der Waals surface area contributed by atoms with Crippen molar-refractivity contribution >= 4 is 0 Å². The number of aryl methyl sites for hydroxylation is 3. The summed E-state index contributed by atoms with van der Waals surface area (Å²) in [5, 5.41) is 0. The van der Waals surface area contributed by atoms with Crippen LogP contribution < -0.4 is 0 Å². The van der Waals surface area contributed by atoms with Gasteiger partial charge in [0.05, 0.1) is 12.0 Å². The van der Waals surface area contributed by atoms with Crippen LogP contribution in [0.25, 0.3) is 0 Å². The Morgan fingerprint density at radius 2 is 2.06 bits per heavy atom. The second-order valence-electron chi connectivity index (χ2n) is 4.27. The van der Waals surface area contributed by atoms with Crippen LogP contribution in [0.15, 0.2) is 30.7 Å². The fourth-order valence-electron chi connectivity index (χ4n) is 1.97. The standard InChI is InChI=1S/C14H18N2/c1-11-5-3-6-13(12(11)2)7-4-8-14-9-15-10-16-14/h3,5-6,9-10H,4,7-8H2,1-2H3,(H,15,16). The number of rotatable bonds is 4. The third kappa shape index (κ3) is 2.51. The fourth-order valence-corrected chi connectivity index (χ4v) is 1.97. The first-order valence-corrected chi connectivity index (χ1v) is 5.80. The van der Waals surface area contributed by atoms with Crippen molar-refractivity contribution < 1.29 is 0 Å². The number of nitrogens with one attached hydrogen (secondary N) is 1. The molecule has 2 nitrogen and oxygen atoms in total. The minimum atomic E-state index is 1.05. The number of benzene rings is 1. The summed E-state index contributed by atoms with van der Waals surface area (Å²) in [5.41, 5.74) is 5.45. The van der Waals surface area contributed by atoms with E-state index in [-0.39, 0.29) is 0 Å². The van der Waals surface area contributed by atoms with Gasteiger partial charge in [-0.25, -0.2) is 4.98 Å². The van der Waals surface area contributed by atoms with Crippen molar-refractivity contribution in [2.75, 3.05) is 0 Å². The van der Waals surface area contributed by atoms with E-state index in [2.05, 4.69) is 42.0 Å². The summed E-state index contributed by atoms with van der Waals surface area (Å²) in [6, 6.07) is 6.55. The Morgan fingerprint density at radius 1 is 1.19 bits per heavy atom. The fraction of sp³-hybridized carbons (Fsp3) is 0.357. The smallest absolute Gasteiger partial charge is 0.0923 e. The first-order valence-electron chi connectivity index (χ1n) is 5.80. The highest BCUT2D eigenvalue weighted by atomic mass is 14.9. The lowest BCUT2D eigenvalue weighted by molar-refractivity contribution is 0.799. The molecule has 0 bridgehead atoms. The maximum atomic E-state index is 4.23. The maximum Gasteiger partial charge on any atom is 0.0923 e. The third-order valence-electron chi connectivity index (χ3n) is 3.15. The summed E-state index contributed by atoms with van der Waals surface area (Å²) in [4.78, 5) is 7.22. The Hall–Kier alpha value is -1.57. The SMILES string of the molecule is Cc1cccc(CCCc2c[nH]cn2)c1C. The highest BCUT2D eigenvalue weighted by Crippen LogP contribution is 2.15. The normalized spacial score (nSPS) is 10.6. The molecule has 0 spiro atoms. The van der Waals surface area contributed by atoms with E-state index in [1.807, 2.05) is 6.20 Å². The van der Waals surface area contributed by atoms with E-state index in [1.54, 1.807) is 6.33 Å². The van der Waals surface area contributed by atoms with Crippen LogP contribution in [-0.4, -0.2) is 9.97 Å². The number of hydrogen-bond acceptors (Lipinski definition) is 1. The number of hydrogen-bond donors (Lipinski definition) is 1. The van der Waals surface area contributed by atoms with E-state index < -0.39 is 0 Å². The molecule has 0 aliphatic carbocycles. The van der Waals surface area contributed by atoms with Gasteiger partial charge in [-0.2, -0.15) is 0 Å². The quantitative estimate of drug-likeness (QED) is 0.831. The van der Waals surface area contributed by atoms with Gasteiger partial charge in [-0.1, -0.05) is 18.2 Å². The molecule has 0 saturated heterocycles. The van der Waals surface area contributed by atoms with Gasteiger partial charge in [0.25, 0.3) is 0 Å². The van der Waals surface area contributed by atoms with Crippen LogP contribution in [-0.2, 0) is 12.8 Å². The second-order valence-corrected chi connectivity index (χ2v) is 4.27. The van der Waals surface area contributed by atoms with Gasteiger partial charge in [0.15, 0.2) is 0 Å². The summed E-state index contributed by atoms with van der Waals surface area (Å²) in [6.07, 6.45) is 7.07. The minimum Gasteiger partial charge on any atom is -0.351 e. The Kier molecular flexibility index (Phi) is 3.40. The topological polar surface area (TPSA) is 28.7 Å². The van der Waals surface area contributed by atoms with Gasteiger partial charge in [-0.15, -0.1) is 0 Å². The Bertz CT molecular complexity index is 444. The van der Waals surface area contributed by atoms with Gasteiger partial charge in [0.1, 0.15) is 0 Å². The van der Waals surface area contributed by atoms with Gasteiger partial charge in [-0.05, 0) is 49.8 Å². The van der Waals surface area contributed by atoms with Crippen molar-refractivity contribution in [3.63, 3.8) is 0 Å². The monoisotopic (exact) mass is 214 g/mol. The molecule has 0 unspecified atom stereocenters. The largest absolute Gasteiger partial charge is 0.351 e. The number of H-pyrrole nitrogens is 1. The molecular weight excluding hydrogens is 196 g/mol. The molecule has 0 aliphatic heterocycles. The van der Waals surface area contributed by atoms with Crippen molar-refractivity contribution in [3.8, 4) is 0 Å². The van der Waals surface area contributed by atoms with Crippen LogP contribution >= 0.6 is 0 Å². The third-order valence-corrected chi connectivity index (χ3v) is 3.15. The van der Waals surface area contributed by atoms with Gasteiger partial charge < -0.3 is 4.98 Å². The Balaban J connectivity index is 1.92. The average Bonchev–Trinajstić information content (AvgIpc) is 2.77. The molecule has 2 aromatic rings. The lowest BCUT2D eigenvalue weighted by atomic mass is 9.99. The zero-order valence-corrected chi connectivity index (χ0v) is 9.96. The van der Waals surface area contributed by atoms with Crippen molar-refractivity contribution in [2.45, 2.75) is 33.1 Å². The van der Waals surface area contributed by atoms with Crippen LogP contribution in [0.3, 0.4) is 0 Å². The van der Waals surface area contributed by atoms with Gasteiger partial charge in [-0.3, -0.25) is 0 Å². The predicted molar refractivity (Wildman–Crippen MR) is 66.5 cm³/mol. The van der Waals surface area contributed by atoms with E-state index in [0.717, 1.165) is 25.0 Å². The molecule has 0 radical (unpaired) electrons. The Labute approximate surface area is 96.7 Å². The molecule has 1 aromatic heterocycles. The second kappa shape index (κ2) is 4.97. The lowest BCUT2D eigenvalue weighted by Crippen LogP contribution is -1.94. The summed E-state index contributed by atoms with van der Waals surface area (Å²) in [7, 11) is 0. The van der Waals surface area contributed by atoms with Gasteiger partial charge in [0.2, 0.25) is 0 Å². The van der Waals surface area contributed by atoms with Crippen LogP contribution in [0.2, 0.25) is 0 Å². The molecule has 0 aliphatic rings. The predicted octanol–water partition coefficient (Wildman–Crippen LogP) is 3.20. The summed E-state index contributed by atoms with van der Waals surface area (Å²) >= 11 is 0. The molecule has 2 heteroatoms. The minimum absolute atomic E-state index is 1.05. The molecule has 1 N–H and O–H groups in total. The van der Waals surface area contributed by atoms with Crippen molar-refractivity contribution in [1.29, 1.82) is 0 Å². The van der Waals surface area contributed by atoms with Crippen molar-refractivity contribution in [1.82, 2.24) is 9.97 Å². The van der Waals surface area contributed by atoms with E-state index in [0.29, 0.717) is 0 Å². The zero-order chi connectivity index (χ0) is 11.4. The highest BCUT2D eigenvalue weighted by molar-refractivity contribution is 5.33. The van der Waals surface area contributed by atoms with Gasteiger partial charge in [0, 0.05) is 6.20 Å². The maximum absolute atomic E-state index is 4.23. The van der Waals surface area contributed by atoms with Crippen LogP contribution in [0.5, 0.6) is 0 Å². The van der Waals surface area contributed by atoms with E-state index in [4.69, 9.17) is 0 Å². The molecule has 0 atom stereocenters. The molecule has 84 valence electrons. The van der Waals surface area contributed by atoms with Crippen LogP contribution in [0.4, 0.5) is 0 Å².